The molecule has 0 spiro atoms. The van der Waals surface area contributed by atoms with E-state index in [-0.39, 0.29) is 0 Å². The summed E-state index contributed by atoms with van der Waals surface area (Å²) in [6, 6.07) is 13.9. The number of benzene rings is 2. The van der Waals surface area contributed by atoms with Crippen molar-refractivity contribution in [1.82, 2.24) is 0 Å². The lowest BCUT2D eigenvalue weighted by atomic mass is 10.1. The van der Waals surface area contributed by atoms with Crippen LogP contribution in [0.25, 0.3) is 0 Å². The summed E-state index contributed by atoms with van der Waals surface area (Å²) in [5, 5.41) is 10.9. The first-order chi connectivity index (χ1) is 9.97. The Bertz CT molecular complexity index is 617. The van der Waals surface area contributed by atoms with Gasteiger partial charge in [0.2, 0.25) is 0 Å². The maximum Gasteiger partial charge on any atom is 0.0821 e. The summed E-state index contributed by atoms with van der Waals surface area (Å²) >= 11 is 9.54. The van der Waals surface area contributed by atoms with Crippen molar-refractivity contribution in [3.8, 4) is 0 Å². The molecular formula is C17H19BrClNO. The number of halogens is 2. The molecule has 0 heterocycles. The van der Waals surface area contributed by atoms with Gasteiger partial charge in [-0.25, -0.2) is 0 Å². The first-order valence-electron chi connectivity index (χ1n) is 6.88. The van der Waals surface area contributed by atoms with Gasteiger partial charge in [-0.05, 0) is 48.7 Å². The Kier molecular flexibility index (Phi) is 5.68. The average Bonchev–Trinajstić information content (AvgIpc) is 2.44. The summed E-state index contributed by atoms with van der Waals surface area (Å²) in [7, 11) is 2.03. The van der Waals surface area contributed by atoms with Crippen molar-refractivity contribution in [1.29, 1.82) is 0 Å². The third-order valence-corrected chi connectivity index (χ3v) is 4.32. The molecule has 0 radical (unpaired) electrons. The van der Waals surface area contributed by atoms with E-state index in [0.29, 0.717) is 11.4 Å². The van der Waals surface area contributed by atoms with Crippen LogP contribution >= 0.6 is 27.5 Å². The van der Waals surface area contributed by atoms with Crippen LogP contribution in [-0.2, 0) is 0 Å². The Labute approximate surface area is 139 Å². The fourth-order valence-corrected chi connectivity index (χ4v) is 3.04. The van der Waals surface area contributed by atoms with Gasteiger partial charge in [0.15, 0.2) is 0 Å². The van der Waals surface area contributed by atoms with Crippen LogP contribution in [-0.4, -0.2) is 18.7 Å². The minimum absolute atomic E-state index is 0.558. The van der Waals surface area contributed by atoms with Crippen molar-refractivity contribution in [3.63, 3.8) is 0 Å². The molecule has 0 fully saturated rings. The molecule has 21 heavy (non-hydrogen) atoms. The molecule has 2 aromatic carbocycles. The highest BCUT2D eigenvalue weighted by Crippen LogP contribution is 2.28. The van der Waals surface area contributed by atoms with Crippen LogP contribution in [0.15, 0.2) is 46.9 Å². The van der Waals surface area contributed by atoms with Crippen LogP contribution in [0.2, 0.25) is 5.02 Å². The zero-order valence-electron chi connectivity index (χ0n) is 12.2. The monoisotopic (exact) mass is 367 g/mol. The van der Waals surface area contributed by atoms with E-state index in [1.54, 1.807) is 0 Å². The number of anilines is 1. The Hall–Kier alpha value is -1.03. The third-order valence-electron chi connectivity index (χ3n) is 3.50. The van der Waals surface area contributed by atoms with Gasteiger partial charge in [0.25, 0.3) is 0 Å². The smallest absolute Gasteiger partial charge is 0.0821 e. The van der Waals surface area contributed by atoms with Gasteiger partial charge in [0, 0.05) is 28.8 Å². The lowest BCUT2D eigenvalue weighted by Gasteiger charge is -2.22. The third kappa shape index (κ3) is 4.47. The maximum absolute atomic E-state index is 10.3. The van der Waals surface area contributed by atoms with Crippen molar-refractivity contribution in [2.24, 2.45) is 0 Å². The van der Waals surface area contributed by atoms with Gasteiger partial charge in [0.1, 0.15) is 0 Å². The van der Waals surface area contributed by atoms with Gasteiger partial charge in [-0.3, -0.25) is 0 Å². The van der Waals surface area contributed by atoms with Crippen LogP contribution in [0.5, 0.6) is 0 Å². The number of rotatable bonds is 5. The molecule has 0 aliphatic carbocycles. The highest BCUT2D eigenvalue weighted by atomic mass is 79.9. The van der Waals surface area contributed by atoms with E-state index in [1.165, 1.54) is 5.56 Å². The first kappa shape index (κ1) is 16.3. The summed E-state index contributed by atoms with van der Waals surface area (Å²) in [4.78, 5) is 2.14. The number of aliphatic hydroxyl groups is 1. The van der Waals surface area contributed by atoms with Crippen LogP contribution in [0.4, 0.5) is 5.69 Å². The number of nitrogens with zero attached hydrogens (tertiary/aromatic N) is 1. The second kappa shape index (κ2) is 7.30. The number of hydrogen-bond donors (Lipinski definition) is 1. The highest BCUT2D eigenvalue weighted by molar-refractivity contribution is 9.10. The molecule has 2 rings (SSSR count). The number of aryl methyl sites for hydroxylation is 1. The summed E-state index contributed by atoms with van der Waals surface area (Å²) < 4.78 is 0.917. The molecule has 0 bridgehead atoms. The second-order valence-electron chi connectivity index (χ2n) is 5.23. The normalized spacial score (nSPS) is 12.2. The van der Waals surface area contributed by atoms with Gasteiger partial charge in [-0.1, -0.05) is 45.7 Å². The van der Waals surface area contributed by atoms with Crippen LogP contribution < -0.4 is 4.90 Å². The van der Waals surface area contributed by atoms with Crippen molar-refractivity contribution >= 4 is 33.2 Å². The zero-order chi connectivity index (χ0) is 15.4. The predicted octanol–water partition coefficient (Wildman–Crippen LogP) is 4.97. The van der Waals surface area contributed by atoms with Gasteiger partial charge in [0.05, 0.1) is 6.10 Å². The van der Waals surface area contributed by atoms with Crippen molar-refractivity contribution < 1.29 is 5.11 Å². The molecule has 0 saturated carbocycles. The fourth-order valence-electron chi connectivity index (χ4n) is 2.24. The molecule has 2 aromatic rings. The zero-order valence-corrected chi connectivity index (χ0v) is 14.5. The van der Waals surface area contributed by atoms with E-state index >= 15 is 0 Å². The van der Waals surface area contributed by atoms with Crippen LogP contribution in [0.1, 0.15) is 23.7 Å². The van der Waals surface area contributed by atoms with Gasteiger partial charge >= 0.3 is 0 Å². The average molecular weight is 369 g/mol. The van der Waals surface area contributed by atoms with E-state index in [9.17, 15) is 5.11 Å². The van der Waals surface area contributed by atoms with Crippen LogP contribution in [0.3, 0.4) is 0 Å². The molecular weight excluding hydrogens is 350 g/mol. The highest BCUT2D eigenvalue weighted by Gasteiger charge is 2.13. The molecule has 0 aromatic heterocycles. The molecule has 0 amide bonds. The number of hydrogen-bond acceptors (Lipinski definition) is 2. The lowest BCUT2D eigenvalue weighted by molar-refractivity contribution is 0.170. The summed E-state index contributed by atoms with van der Waals surface area (Å²) in [5.74, 6) is 0. The summed E-state index contributed by atoms with van der Waals surface area (Å²) in [5.41, 5.74) is 3.16. The number of aliphatic hydroxyl groups excluding tert-OH is 1. The minimum atomic E-state index is -0.558. The van der Waals surface area contributed by atoms with Crippen LogP contribution in [0, 0.1) is 6.92 Å². The van der Waals surface area contributed by atoms with Gasteiger partial charge in [-0.2, -0.15) is 0 Å². The minimum Gasteiger partial charge on any atom is -0.388 e. The fraction of sp³-hybridized carbons (Fsp3) is 0.294. The van der Waals surface area contributed by atoms with E-state index in [2.05, 4.69) is 46.0 Å². The Balaban J connectivity index is 1.99. The quantitative estimate of drug-likeness (QED) is 0.805. The molecule has 1 N–H and O–H groups in total. The Morgan fingerprint density at radius 3 is 2.67 bits per heavy atom. The van der Waals surface area contributed by atoms with E-state index in [4.69, 9.17) is 11.6 Å². The molecule has 112 valence electrons. The van der Waals surface area contributed by atoms with Crippen molar-refractivity contribution in [2.45, 2.75) is 19.4 Å². The second-order valence-corrected chi connectivity index (χ2v) is 6.55. The van der Waals surface area contributed by atoms with Gasteiger partial charge in [-0.15, -0.1) is 0 Å². The SMILES string of the molecule is Cc1cccc(N(C)CCC(O)c2ccc(Br)cc2Cl)c1. The molecule has 0 aliphatic rings. The van der Waals surface area contributed by atoms with Crippen molar-refractivity contribution in [2.75, 3.05) is 18.5 Å². The summed E-state index contributed by atoms with van der Waals surface area (Å²) in [6.07, 6.45) is 0.0732. The topological polar surface area (TPSA) is 23.5 Å². The summed E-state index contributed by atoms with van der Waals surface area (Å²) in [6.45, 7) is 2.84. The lowest BCUT2D eigenvalue weighted by Crippen LogP contribution is -2.20. The largest absolute Gasteiger partial charge is 0.388 e. The molecule has 1 unspecified atom stereocenters. The Morgan fingerprint density at radius 1 is 1.24 bits per heavy atom. The Morgan fingerprint density at radius 2 is 2.00 bits per heavy atom. The predicted molar refractivity (Wildman–Crippen MR) is 93.2 cm³/mol. The standard InChI is InChI=1S/C17H19BrClNO/c1-12-4-3-5-14(10-12)20(2)9-8-17(21)15-7-6-13(18)11-16(15)19/h3-7,10-11,17,21H,8-9H2,1-2H3. The van der Waals surface area contributed by atoms with E-state index in [1.807, 2.05) is 31.3 Å². The first-order valence-corrected chi connectivity index (χ1v) is 8.05. The van der Waals surface area contributed by atoms with Crippen molar-refractivity contribution in [3.05, 3.63) is 63.1 Å². The van der Waals surface area contributed by atoms with E-state index < -0.39 is 6.10 Å². The van der Waals surface area contributed by atoms with E-state index in [0.717, 1.165) is 22.3 Å². The molecule has 2 nitrogen and oxygen atoms in total. The molecule has 0 saturated heterocycles. The molecule has 1 atom stereocenters. The maximum atomic E-state index is 10.3. The molecule has 0 aliphatic heterocycles. The molecule has 4 heteroatoms. The van der Waals surface area contributed by atoms with Gasteiger partial charge < -0.3 is 10.0 Å².